The van der Waals surface area contributed by atoms with E-state index in [2.05, 4.69) is 24.1 Å². The van der Waals surface area contributed by atoms with Gasteiger partial charge in [-0.15, -0.1) is 0 Å². The number of carbonyl (C=O) groups is 1. The van der Waals surface area contributed by atoms with Crippen molar-refractivity contribution < 1.29 is 9.21 Å². The van der Waals surface area contributed by atoms with E-state index in [0.717, 1.165) is 32.5 Å². The van der Waals surface area contributed by atoms with Gasteiger partial charge in [0.1, 0.15) is 0 Å². The van der Waals surface area contributed by atoms with Crippen LogP contribution >= 0.6 is 11.6 Å². The number of hydrogen-bond donors (Lipinski definition) is 1. The number of amides is 1. The Bertz CT molecular complexity index is 389. The first-order valence-electron chi connectivity index (χ1n) is 6.84. The molecule has 0 fully saturated rings. The van der Waals surface area contributed by atoms with Crippen LogP contribution in [0.5, 0.6) is 0 Å². The predicted octanol–water partition coefficient (Wildman–Crippen LogP) is 3.17. The van der Waals surface area contributed by atoms with Crippen LogP contribution in [0.25, 0.3) is 0 Å². The third-order valence-electron chi connectivity index (χ3n) is 3.25. The zero-order valence-electron chi connectivity index (χ0n) is 11.9. The lowest BCUT2D eigenvalue weighted by Crippen LogP contribution is -2.33. The zero-order chi connectivity index (χ0) is 14.3. The number of nitrogens with one attached hydrogen (secondary N) is 1. The summed E-state index contributed by atoms with van der Waals surface area (Å²) in [5.74, 6) is -0.172. The van der Waals surface area contributed by atoms with Crippen LogP contribution in [0.15, 0.2) is 16.7 Å². The smallest absolute Gasteiger partial charge is 0.256 e. The lowest BCUT2D eigenvalue weighted by Gasteiger charge is -2.19. The van der Waals surface area contributed by atoms with E-state index in [1.807, 2.05) is 6.92 Å². The molecule has 0 aliphatic carbocycles. The van der Waals surface area contributed by atoms with Gasteiger partial charge in [0.15, 0.2) is 0 Å². The summed E-state index contributed by atoms with van der Waals surface area (Å²) >= 11 is 5.77. The third-order valence-corrected chi connectivity index (χ3v) is 3.54. The maximum atomic E-state index is 11.9. The van der Waals surface area contributed by atoms with Gasteiger partial charge in [-0.3, -0.25) is 4.79 Å². The largest absolute Gasteiger partial charge is 0.452 e. The Balaban J connectivity index is 2.30. The van der Waals surface area contributed by atoms with E-state index in [-0.39, 0.29) is 17.2 Å². The van der Waals surface area contributed by atoms with Crippen LogP contribution in [0.4, 0.5) is 0 Å². The molecule has 108 valence electrons. The summed E-state index contributed by atoms with van der Waals surface area (Å²) in [6.45, 7) is 9.54. The van der Waals surface area contributed by atoms with Crippen LogP contribution < -0.4 is 5.32 Å². The topological polar surface area (TPSA) is 45.5 Å². The molecule has 0 aromatic carbocycles. The summed E-state index contributed by atoms with van der Waals surface area (Å²) in [6, 6.07) is 1.72. The second-order valence-electron chi connectivity index (χ2n) is 4.65. The van der Waals surface area contributed by atoms with Gasteiger partial charge in [0.2, 0.25) is 5.22 Å². The predicted molar refractivity (Wildman–Crippen MR) is 77.7 cm³/mol. The molecule has 4 nitrogen and oxygen atoms in total. The van der Waals surface area contributed by atoms with Gasteiger partial charge in [0.05, 0.1) is 11.8 Å². The maximum absolute atomic E-state index is 11.9. The monoisotopic (exact) mass is 286 g/mol. The summed E-state index contributed by atoms with van der Waals surface area (Å²) < 4.78 is 4.91. The Morgan fingerprint density at radius 2 is 2.16 bits per heavy atom. The van der Waals surface area contributed by atoms with Crippen molar-refractivity contribution in [2.45, 2.75) is 39.7 Å². The Labute approximate surface area is 120 Å². The number of nitrogens with zero attached hydrogens (tertiary/aromatic N) is 1. The quantitative estimate of drug-likeness (QED) is 0.798. The minimum atomic E-state index is -0.172. The van der Waals surface area contributed by atoms with Crippen molar-refractivity contribution in [3.63, 3.8) is 0 Å². The van der Waals surface area contributed by atoms with Crippen molar-refractivity contribution in [3.8, 4) is 0 Å². The highest BCUT2D eigenvalue weighted by Crippen LogP contribution is 2.16. The van der Waals surface area contributed by atoms with Crippen molar-refractivity contribution in [3.05, 3.63) is 23.1 Å². The van der Waals surface area contributed by atoms with Crippen molar-refractivity contribution >= 4 is 17.5 Å². The van der Waals surface area contributed by atoms with Gasteiger partial charge in [0.25, 0.3) is 5.91 Å². The van der Waals surface area contributed by atoms with E-state index in [1.54, 1.807) is 6.07 Å². The van der Waals surface area contributed by atoms with E-state index < -0.39 is 0 Å². The summed E-state index contributed by atoms with van der Waals surface area (Å²) in [6.07, 6.45) is 3.45. The summed E-state index contributed by atoms with van der Waals surface area (Å²) in [4.78, 5) is 14.3. The molecule has 1 unspecified atom stereocenters. The van der Waals surface area contributed by atoms with Crippen molar-refractivity contribution in [2.24, 2.45) is 0 Å². The summed E-state index contributed by atoms with van der Waals surface area (Å²) in [7, 11) is 0. The number of rotatable bonds is 8. The molecular weight excluding hydrogens is 264 g/mol. The molecule has 1 heterocycles. The summed E-state index contributed by atoms with van der Waals surface area (Å²) in [5.41, 5.74) is 0.400. The fourth-order valence-corrected chi connectivity index (χ4v) is 2.19. The van der Waals surface area contributed by atoms with Gasteiger partial charge in [-0.2, -0.15) is 0 Å². The van der Waals surface area contributed by atoms with E-state index in [1.165, 1.54) is 6.26 Å². The molecule has 0 spiro atoms. The molecule has 0 saturated carbocycles. The highest BCUT2D eigenvalue weighted by Gasteiger charge is 2.15. The summed E-state index contributed by atoms with van der Waals surface area (Å²) in [5, 5.41) is 3.08. The van der Waals surface area contributed by atoms with Gasteiger partial charge in [-0.25, -0.2) is 0 Å². The molecule has 1 aromatic heterocycles. The fraction of sp³-hybridized carbons (Fsp3) is 0.643. The molecule has 1 atom stereocenters. The van der Waals surface area contributed by atoms with Crippen LogP contribution in [0.3, 0.4) is 0 Å². The van der Waals surface area contributed by atoms with Crippen LogP contribution in [0, 0.1) is 0 Å². The van der Waals surface area contributed by atoms with Crippen molar-refractivity contribution in [2.75, 3.05) is 19.6 Å². The lowest BCUT2D eigenvalue weighted by atomic mass is 10.1. The molecule has 0 aliphatic heterocycles. The van der Waals surface area contributed by atoms with Crippen LogP contribution in [0.1, 0.15) is 44.0 Å². The molecule has 0 aliphatic rings. The van der Waals surface area contributed by atoms with Gasteiger partial charge in [0, 0.05) is 6.04 Å². The van der Waals surface area contributed by atoms with Crippen LogP contribution in [-0.4, -0.2) is 36.5 Å². The molecular formula is C14H23ClN2O2. The first kappa shape index (κ1) is 16.1. The zero-order valence-corrected chi connectivity index (χ0v) is 12.7. The second kappa shape index (κ2) is 8.23. The van der Waals surface area contributed by atoms with Crippen LogP contribution in [0.2, 0.25) is 5.22 Å². The van der Waals surface area contributed by atoms with E-state index in [0.29, 0.717) is 5.56 Å². The standard InChI is InChI=1S/C14H23ClN2O2/c1-4-17(5-2)9-6-7-11(3)16-14(18)12-8-10-19-13(12)15/h8,10-11H,4-7,9H2,1-3H3,(H,16,18). The Morgan fingerprint density at radius 1 is 1.47 bits per heavy atom. The van der Waals surface area contributed by atoms with Gasteiger partial charge >= 0.3 is 0 Å². The molecule has 1 amide bonds. The minimum absolute atomic E-state index is 0.133. The molecule has 5 heteroatoms. The second-order valence-corrected chi connectivity index (χ2v) is 4.99. The molecule has 1 aromatic rings. The first-order chi connectivity index (χ1) is 9.08. The maximum Gasteiger partial charge on any atom is 0.256 e. The van der Waals surface area contributed by atoms with Gasteiger partial charge in [-0.05, 0) is 57.1 Å². The lowest BCUT2D eigenvalue weighted by molar-refractivity contribution is 0.0937. The third kappa shape index (κ3) is 5.25. The van der Waals surface area contributed by atoms with Gasteiger partial charge < -0.3 is 14.6 Å². The van der Waals surface area contributed by atoms with E-state index >= 15 is 0 Å². The molecule has 19 heavy (non-hydrogen) atoms. The Hall–Kier alpha value is -1.00. The van der Waals surface area contributed by atoms with E-state index in [9.17, 15) is 4.79 Å². The fourth-order valence-electron chi connectivity index (χ4n) is 1.99. The minimum Gasteiger partial charge on any atom is -0.452 e. The number of carbonyl (C=O) groups excluding carboxylic acids is 1. The number of halogens is 1. The molecule has 1 N–H and O–H groups in total. The highest BCUT2D eigenvalue weighted by molar-refractivity contribution is 6.32. The number of furan rings is 1. The van der Waals surface area contributed by atoms with Gasteiger partial charge in [-0.1, -0.05) is 13.8 Å². The average Bonchev–Trinajstić information content (AvgIpc) is 2.81. The van der Waals surface area contributed by atoms with Crippen LogP contribution in [-0.2, 0) is 0 Å². The molecule has 0 bridgehead atoms. The normalized spacial score (nSPS) is 12.7. The molecule has 0 saturated heterocycles. The van der Waals surface area contributed by atoms with Crippen molar-refractivity contribution in [1.82, 2.24) is 10.2 Å². The first-order valence-corrected chi connectivity index (χ1v) is 7.22. The SMILES string of the molecule is CCN(CC)CCCC(C)NC(=O)c1ccoc1Cl. The Morgan fingerprint density at radius 3 is 2.68 bits per heavy atom. The van der Waals surface area contributed by atoms with Crippen molar-refractivity contribution in [1.29, 1.82) is 0 Å². The molecule has 0 radical (unpaired) electrons. The van der Waals surface area contributed by atoms with E-state index in [4.69, 9.17) is 16.0 Å². The average molecular weight is 287 g/mol. The highest BCUT2D eigenvalue weighted by atomic mass is 35.5. The Kier molecular flexibility index (Phi) is 6.95. The molecule has 1 rings (SSSR count). The number of hydrogen-bond acceptors (Lipinski definition) is 3.